The van der Waals surface area contributed by atoms with Crippen molar-refractivity contribution < 1.29 is 9.90 Å². The molecule has 1 heterocycles. The van der Waals surface area contributed by atoms with Crippen LogP contribution in [-0.4, -0.2) is 24.2 Å². The average molecular weight is 171 g/mol. The van der Waals surface area contributed by atoms with E-state index in [2.05, 4.69) is 5.32 Å². The molecular weight excluding hydrogens is 154 g/mol. The Kier molecular flexibility index (Phi) is 3.53. The van der Waals surface area contributed by atoms with E-state index in [1.165, 1.54) is 0 Å². The standard InChI is InChI=1S/C9H17NO2/c1-2-3-8(9(11)12)7-4-5-10-6-7/h7-8,10H,2-6H2,1H3,(H,11,12)/t7-,8-/m0/s1. The van der Waals surface area contributed by atoms with E-state index in [4.69, 9.17) is 5.11 Å². The molecule has 2 N–H and O–H groups in total. The molecule has 0 aromatic rings. The summed E-state index contributed by atoms with van der Waals surface area (Å²) in [6.45, 7) is 3.91. The van der Waals surface area contributed by atoms with Gasteiger partial charge in [0.15, 0.2) is 0 Å². The lowest BCUT2D eigenvalue weighted by atomic mass is 9.88. The Hall–Kier alpha value is -0.570. The molecular formula is C9H17NO2. The molecule has 70 valence electrons. The normalized spacial score (nSPS) is 25.6. The molecule has 0 bridgehead atoms. The monoisotopic (exact) mass is 171 g/mol. The molecule has 2 atom stereocenters. The number of rotatable bonds is 4. The maximum absolute atomic E-state index is 10.8. The van der Waals surface area contributed by atoms with E-state index >= 15 is 0 Å². The molecule has 0 saturated carbocycles. The molecule has 1 fully saturated rings. The molecule has 0 aromatic carbocycles. The van der Waals surface area contributed by atoms with Crippen LogP contribution in [0, 0.1) is 11.8 Å². The van der Waals surface area contributed by atoms with Crippen LogP contribution >= 0.6 is 0 Å². The van der Waals surface area contributed by atoms with Crippen LogP contribution in [0.4, 0.5) is 0 Å². The van der Waals surface area contributed by atoms with E-state index in [0.29, 0.717) is 5.92 Å². The third kappa shape index (κ3) is 2.21. The van der Waals surface area contributed by atoms with Gasteiger partial charge in [0.1, 0.15) is 0 Å². The molecule has 0 unspecified atom stereocenters. The highest BCUT2D eigenvalue weighted by atomic mass is 16.4. The molecule has 0 amide bonds. The van der Waals surface area contributed by atoms with Crippen molar-refractivity contribution >= 4 is 5.97 Å². The highest BCUT2D eigenvalue weighted by Gasteiger charge is 2.29. The van der Waals surface area contributed by atoms with Crippen LogP contribution in [0.3, 0.4) is 0 Å². The van der Waals surface area contributed by atoms with Crippen molar-refractivity contribution in [3.05, 3.63) is 0 Å². The van der Waals surface area contributed by atoms with Gasteiger partial charge >= 0.3 is 5.97 Å². The lowest BCUT2D eigenvalue weighted by Crippen LogP contribution is -2.25. The first kappa shape index (κ1) is 9.52. The summed E-state index contributed by atoms with van der Waals surface area (Å²) in [6, 6.07) is 0. The molecule has 3 nitrogen and oxygen atoms in total. The fourth-order valence-corrected chi connectivity index (χ4v) is 1.89. The van der Waals surface area contributed by atoms with E-state index in [1.807, 2.05) is 6.92 Å². The number of nitrogens with one attached hydrogen (secondary N) is 1. The quantitative estimate of drug-likeness (QED) is 0.666. The van der Waals surface area contributed by atoms with Gasteiger partial charge in [0.05, 0.1) is 5.92 Å². The summed E-state index contributed by atoms with van der Waals surface area (Å²) >= 11 is 0. The molecule has 3 heteroatoms. The Bertz CT molecular complexity index is 153. The Balaban J connectivity index is 2.45. The van der Waals surface area contributed by atoms with Gasteiger partial charge in [-0.2, -0.15) is 0 Å². The molecule has 1 rings (SSSR count). The second-order valence-electron chi connectivity index (χ2n) is 3.49. The fraction of sp³-hybridized carbons (Fsp3) is 0.889. The van der Waals surface area contributed by atoms with Gasteiger partial charge < -0.3 is 10.4 Å². The number of carbonyl (C=O) groups is 1. The molecule has 0 spiro atoms. The summed E-state index contributed by atoms with van der Waals surface area (Å²) in [5, 5.41) is 12.1. The summed E-state index contributed by atoms with van der Waals surface area (Å²) in [7, 11) is 0. The molecule has 0 radical (unpaired) electrons. The van der Waals surface area contributed by atoms with Crippen LogP contribution in [-0.2, 0) is 4.79 Å². The largest absolute Gasteiger partial charge is 0.481 e. The summed E-state index contributed by atoms with van der Waals surface area (Å²) in [5.41, 5.74) is 0. The van der Waals surface area contributed by atoms with Crippen LogP contribution in [0.5, 0.6) is 0 Å². The van der Waals surface area contributed by atoms with Gasteiger partial charge in [-0.15, -0.1) is 0 Å². The molecule has 0 aromatic heterocycles. The number of carboxylic acids is 1. The lowest BCUT2D eigenvalue weighted by molar-refractivity contribution is -0.143. The topological polar surface area (TPSA) is 49.3 Å². The third-order valence-corrected chi connectivity index (χ3v) is 2.58. The van der Waals surface area contributed by atoms with Crippen LogP contribution in [0.1, 0.15) is 26.2 Å². The van der Waals surface area contributed by atoms with E-state index in [9.17, 15) is 4.79 Å². The van der Waals surface area contributed by atoms with E-state index in [1.54, 1.807) is 0 Å². The SMILES string of the molecule is CCC[C@H](C(=O)O)[C@H]1CCNC1. The van der Waals surface area contributed by atoms with Crippen LogP contribution in [0.25, 0.3) is 0 Å². The Morgan fingerprint density at radius 3 is 2.92 bits per heavy atom. The first-order chi connectivity index (χ1) is 5.75. The molecule has 12 heavy (non-hydrogen) atoms. The van der Waals surface area contributed by atoms with Crippen LogP contribution < -0.4 is 5.32 Å². The van der Waals surface area contributed by atoms with Gasteiger partial charge in [-0.3, -0.25) is 4.79 Å². The average Bonchev–Trinajstić information content (AvgIpc) is 2.51. The van der Waals surface area contributed by atoms with Crippen molar-refractivity contribution in [1.29, 1.82) is 0 Å². The van der Waals surface area contributed by atoms with Gasteiger partial charge in [0.2, 0.25) is 0 Å². The Morgan fingerprint density at radius 2 is 2.50 bits per heavy atom. The van der Waals surface area contributed by atoms with Gasteiger partial charge in [0, 0.05) is 0 Å². The molecule has 1 aliphatic heterocycles. The molecule has 0 aliphatic carbocycles. The first-order valence-corrected chi connectivity index (χ1v) is 4.69. The zero-order valence-electron chi connectivity index (χ0n) is 7.55. The van der Waals surface area contributed by atoms with E-state index in [0.717, 1.165) is 32.4 Å². The first-order valence-electron chi connectivity index (χ1n) is 4.69. The van der Waals surface area contributed by atoms with Gasteiger partial charge in [-0.1, -0.05) is 13.3 Å². The highest BCUT2D eigenvalue weighted by Crippen LogP contribution is 2.23. The fourth-order valence-electron chi connectivity index (χ4n) is 1.89. The number of hydrogen-bond donors (Lipinski definition) is 2. The molecule has 1 aliphatic rings. The predicted molar refractivity (Wildman–Crippen MR) is 47.0 cm³/mol. The summed E-state index contributed by atoms with van der Waals surface area (Å²) < 4.78 is 0. The summed E-state index contributed by atoms with van der Waals surface area (Å²) in [6.07, 6.45) is 2.81. The minimum Gasteiger partial charge on any atom is -0.481 e. The number of carboxylic acid groups (broad SMARTS) is 1. The summed E-state index contributed by atoms with van der Waals surface area (Å²) in [4.78, 5) is 10.8. The zero-order chi connectivity index (χ0) is 8.97. The second kappa shape index (κ2) is 4.45. The second-order valence-corrected chi connectivity index (χ2v) is 3.49. The maximum Gasteiger partial charge on any atom is 0.306 e. The van der Waals surface area contributed by atoms with Crippen molar-refractivity contribution in [1.82, 2.24) is 5.32 Å². The smallest absolute Gasteiger partial charge is 0.306 e. The Morgan fingerprint density at radius 1 is 1.75 bits per heavy atom. The lowest BCUT2D eigenvalue weighted by Gasteiger charge is -2.17. The highest BCUT2D eigenvalue weighted by molar-refractivity contribution is 5.70. The van der Waals surface area contributed by atoms with Gasteiger partial charge in [-0.05, 0) is 31.8 Å². The van der Waals surface area contributed by atoms with Gasteiger partial charge in [0.25, 0.3) is 0 Å². The number of hydrogen-bond acceptors (Lipinski definition) is 2. The van der Waals surface area contributed by atoms with Gasteiger partial charge in [-0.25, -0.2) is 0 Å². The third-order valence-electron chi connectivity index (χ3n) is 2.58. The number of aliphatic carboxylic acids is 1. The van der Waals surface area contributed by atoms with Crippen LogP contribution in [0.15, 0.2) is 0 Å². The predicted octanol–water partition coefficient (Wildman–Crippen LogP) is 1.10. The van der Waals surface area contributed by atoms with Crippen molar-refractivity contribution in [3.8, 4) is 0 Å². The van der Waals surface area contributed by atoms with Crippen molar-refractivity contribution in [2.45, 2.75) is 26.2 Å². The minimum absolute atomic E-state index is 0.120. The minimum atomic E-state index is -0.620. The van der Waals surface area contributed by atoms with Crippen molar-refractivity contribution in [2.75, 3.05) is 13.1 Å². The van der Waals surface area contributed by atoms with Crippen LogP contribution in [0.2, 0.25) is 0 Å². The van der Waals surface area contributed by atoms with Crippen molar-refractivity contribution in [2.24, 2.45) is 11.8 Å². The van der Waals surface area contributed by atoms with Crippen molar-refractivity contribution in [3.63, 3.8) is 0 Å². The Labute approximate surface area is 73.2 Å². The summed E-state index contributed by atoms with van der Waals surface area (Å²) in [5.74, 6) is -0.377. The molecule has 1 saturated heterocycles. The zero-order valence-corrected chi connectivity index (χ0v) is 7.55. The van der Waals surface area contributed by atoms with E-state index < -0.39 is 5.97 Å². The maximum atomic E-state index is 10.8. The van der Waals surface area contributed by atoms with E-state index in [-0.39, 0.29) is 5.92 Å².